The number of halogens is 1. The summed E-state index contributed by atoms with van der Waals surface area (Å²) in [5.74, 6) is 0.481. The Morgan fingerprint density at radius 2 is 2.05 bits per heavy atom. The number of carbonyl (C=O) groups is 1. The molecule has 108 valence electrons. The SMILES string of the molecule is COc1ccc(Cl)cc1C(=O)N1CCCc2ccccc21. The standard InChI is InChI=1S/C17H16ClNO2/c1-21-16-9-8-13(18)11-14(16)17(20)19-10-4-6-12-5-2-3-7-15(12)19/h2-3,5,7-9,11H,4,6,10H2,1H3. The van der Waals surface area contributed by atoms with E-state index in [1.54, 1.807) is 25.3 Å². The maximum atomic E-state index is 12.9. The van der Waals surface area contributed by atoms with E-state index in [2.05, 4.69) is 6.07 Å². The van der Waals surface area contributed by atoms with Crippen molar-refractivity contribution in [3.05, 3.63) is 58.6 Å². The lowest BCUT2D eigenvalue weighted by molar-refractivity contribution is 0.0982. The molecule has 3 rings (SSSR count). The Kier molecular flexibility index (Phi) is 3.84. The maximum absolute atomic E-state index is 12.9. The second-order valence-corrected chi connectivity index (χ2v) is 5.47. The zero-order valence-corrected chi connectivity index (χ0v) is 12.6. The van der Waals surface area contributed by atoms with Crippen molar-refractivity contribution in [3.8, 4) is 5.75 Å². The lowest BCUT2D eigenvalue weighted by Gasteiger charge is -2.30. The Hall–Kier alpha value is -2.00. The first kappa shape index (κ1) is 14.0. The minimum absolute atomic E-state index is 0.0681. The van der Waals surface area contributed by atoms with Crippen LogP contribution in [0, 0.1) is 0 Å². The molecule has 0 unspecified atom stereocenters. The maximum Gasteiger partial charge on any atom is 0.262 e. The van der Waals surface area contributed by atoms with Crippen LogP contribution in [0.25, 0.3) is 0 Å². The van der Waals surface area contributed by atoms with Gasteiger partial charge < -0.3 is 9.64 Å². The van der Waals surface area contributed by atoms with Crippen LogP contribution >= 0.6 is 11.6 Å². The lowest BCUT2D eigenvalue weighted by Crippen LogP contribution is -2.35. The molecule has 0 aliphatic carbocycles. The molecule has 0 aromatic heterocycles. The van der Waals surface area contributed by atoms with Gasteiger partial charge in [0.1, 0.15) is 5.75 Å². The number of aryl methyl sites for hydroxylation is 1. The van der Waals surface area contributed by atoms with Gasteiger partial charge in [0.15, 0.2) is 0 Å². The van der Waals surface area contributed by atoms with Crippen molar-refractivity contribution in [1.29, 1.82) is 0 Å². The molecule has 0 N–H and O–H groups in total. The predicted octanol–water partition coefficient (Wildman–Crippen LogP) is 3.94. The Morgan fingerprint density at radius 3 is 2.86 bits per heavy atom. The highest BCUT2D eigenvalue weighted by molar-refractivity contribution is 6.31. The normalized spacial score (nSPS) is 13.7. The molecule has 1 aliphatic heterocycles. The Balaban J connectivity index is 2.02. The topological polar surface area (TPSA) is 29.5 Å². The fraction of sp³-hybridized carbons (Fsp3) is 0.235. The van der Waals surface area contributed by atoms with E-state index in [9.17, 15) is 4.79 Å². The number of methoxy groups -OCH3 is 1. The molecule has 2 aromatic carbocycles. The van der Waals surface area contributed by atoms with E-state index < -0.39 is 0 Å². The number of carbonyl (C=O) groups excluding carboxylic acids is 1. The second kappa shape index (κ2) is 5.78. The molecule has 0 saturated heterocycles. The summed E-state index contributed by atoms with van der Waals surface area (Å²) in [6.45, 7) is 0.714. The fourth-order valence-electron chi connectivity index (χ4n) is 2.74. The number of benzene rings is 2. The van der Waals surface area contributed by atoms with Crippen molar-refractivity contribution in [2.45, 2.75) is 12.8 Å². The fourth-order valence-corrected chi connectivity index (χ4v) is 2.91. The van der Waals surface area contributed by atoms with Crippen LogP contribution in [0.2, 0.25) is 5.02 Å². The minimum atomic E-state index is -0.0681. The molecule has 4 heteroatoms. The van der Waals surface area contributed by atoms with Gasteiger partial charge in [-0.25, -0.2) is 0 Å². The third kappa shape index (κ3) is 2.61. The Morgan fingerprint density at radius 1 is 1.24 bits per heavy atom. The molecule has 0 saturated carbocycles. The highest BCUT2D eigenvalue weighted by Crippen LogP contribution is 2.31. The molecule has 3 nitrogen and oxygen atoms in total. The van der Waals surface area contributed by atoms with Gasteiger partial charge >= 0.3 is 0 Å². The Labute approximate surface area is 129 Å². The van der Waals surface area contributed by atoms with E-state index in [1.807, 2.05) is 23.1 Å². The van der Waals surface area contributed by atoms with E-state index in [1.165, 1.54) is 5.56 Å². The summed E-state index contributed by atoms with van der Waals surface area (Å²) in [5, 5.41) is 0.532. The van der Waals surface area contributed by atoms with E-state index in [4.69, 9.17) is 16.3 Å². The van der Waals surface area contributed by atoms with Gasteiger partial charge in [-0.2, -0.15) is 0 Å². The molecule has 2 aromatic rings. The summed E-state index contributed by atoms with van der Waals surface area (Å²) in [5.41, 5.74) is 2.69. The van der Waals surface area contributed by atoms with Gasteiger partial charge in [-0.3, -0.25) is 4.79 Å². The smallest absolute Gasteiger partial charge is 0.262 e. The number of rotatable bonds is 2. The molecule has 0 spiro atoms. The van der Waals surface area contributed by atoms with E-state index >= 15 is 0 Å². The van der Waals surface area contributed by atoms with E-state index in [0.29, 0.717) is 22.9 Å². The molecule has 1 heterocycles. The molecule has 0 bridgehead atoms. The highest BCUT2D eigenvalue weighted by Gasteiger charge is 2.25. The molecule has 1 amide bonds. The van der Waals surface area contributed by atoms with Crippen molar-refractivity contribution >= 4 is 23.2 Å². The van der Waals surface area contributed by atoms with Crippen molar-refractivity contribution in [1.82, 2.24) is 0 Å². The summed E-state index contributed by atoms with van der Waals surface area (Å²) in [6, 6.07) is 13.1. The van der Waals surface area contributed by atoms with Gasteiger partial charge in [0.25, 0.3) is 5.91 Å². The zero-order chi connectivity index (χ0) is 14.8. The molecule has 0 radical (unpaired) electrons. The first-order valence-corrected chi connectivity index (χ1v) is 7.32. The average Bonchev–Trinajstić information content (AvgIpc) is 2.53. The largest absolute Gasteiger partial charge is 0.496 e. The molecular weight excluding hydrogens is 286 g/mol. The number of ether oxygens (including phenoxy) is 1. The van der Waals surface area contributed by atoms with Gasteiger partial charge in [0.05, 0.1) is 12.7 Å². The van der Waals surface area contributed by atoms with Crippen LogP contribution in [0.1, 0.15) is 22.3 Å². The molecule has 0 atom stereocenters. The number of hydrogen-bond acceptors (Lipinski definition) is 2. The van der Waals surface area contributed by atoms with Gasteiger partial charge in [-0.1, -0.05) is 29.8 Å². The Bertz CT molecular complexity index is 684. The van der Waals surface area contributed by atoms with Crippen LogP contribution < -0.4 is 9.64 Å². The quantitative estimate of drug-likeness (QED) is 0.841. The lowest BCUT2D eigenvalue weighted by atomic mass is 10.0. The van der Waals surface area contributed by atoms with Gasteiger partial charge in [-0.05, 0) is 42.7 Å². The monoisotopic (exact) mass is 301 g/mol. The number of amides is 1. The van der Waals surface area contributed by atoms with Crippen LogP contribution in [0.3, 0.4) is 0 Å². The number of hydrogen-bond donors (Lipinski definition) is 0. The average molecular weight is 302 g/mol. The highest BCUT2D eigenvalue weighted by atomic mass is 35.5. The van der Waals surface area contributed by atoms with Crippen molar-refractivity contribution in [2.75, 3.05) is 18.6 Å². The van der Waals surface area contributed by atoms with Crippen molar-refractivity contribution in [3.63, 3.8) is 0 Å². The van der Waals surface area contributed by atoms with Crippen LogP contribution in [0.5, 0.6) is 5.75 Å². The number of fused-ring (bicyclic) bond motifs is 1. The summed E-state index contributed by atoms with van der Waals surface area (Å²) in [7, 11) is 1.56. The predicted molar refractivity (Wildman–Crippen MR) is 84.4 cm³/mol. The van der Waals surface area contributed by atoms with Crippen LogP contribution in [-0.4, -0.2) is 19.6 Å². The zero-order valence-electron chi connectivity index (χ0n) is 11.8. The van der Waals surface area contributed by atoms with Gasteiger partial charge in [0.2, 0.25) is 0 Å². The van der Waals surface area contributed by atoms with Crippen molar-refractivity contribution < 1.29 is 9.53 Å². The minimum Gasteiger partial charge on any atom is -0.496 e. The van der Waals surface area contributed by atoms with E-state index in [-0.39, 0.29) is 5.91 Å². The van der Waals surface area contributed by atoms with Gasteiger partial charge in [0, 0.05) is 17.3 Å². The second-order valence-electron chi connectivity index (χ2n) is 5.03. The third-order valence-electron chi connectivity index (χ3n) is 3.75. The summed E-state index contributed by atoms with van der Waals surface area (Å²) < 4.78 is 5.29. The molecule has 1 aliphatic rings. The summed E-state index contributed by atoms with van der Waals surface area (Å²) >= 11 is 6.03. The van der Waals surface area contributed by atoms with Crippen molar-refractivity contribution in [2.24, 2.45) is 0 Å². The molecule has 21 heavy (non-hydrogen) atoms. The van der Waals surface area contributed by atoms with Crippen LogP contribution in [0.4, 0.5) is 5.69 Å². The summed E-state index contributed by atoms with van der Waals surface area (Å²) in [6.07, 6.45) is 1.97. The summed E-state index contributed by atoms with van der Waals surface area (Å²) in [4.78, 5) is 14.7. The van der Waals surface area contributed by atoms with E-state index in [0.717, 1.165) is 18.5 Å². The number of anilines is 1. The molecular formula is C17H16ClNO2. The number of nitrogens with zero attached hydrogens (tertiary/aromatic N) is 1. The van der Waals surface area contributed by atoms with Crippen LogP contribution in [0.15, 0.2) is 42.5 Å². The third-order valence-corrected chi connectivity index (χ3v) is 3.98. The van der Waals surface area contributed by atoms with Crippen LogP contribution in [-0.2, 0) is 6.42 Å². The number of para-hydroxylation sites is 1. The molecule has 0 fully saturated rings. The van der Waals surface area contributed by atoms with Gasteiger partial charge in [-0.15, -0.1) is 0 Å². The first-order valence-electron chi connectivity index (χ1n) is 6.94. The first-order chi connectivity index (χ1) is 10.2.